The zero-order valence-corrected chi connectivity index (χ0v) is 10.1. The van der Waals surface area contributed by atoms with Gasteiger partial charge in [-0.3, -0.25) is 4.79 Å². The summed E-state index contributed by atoms with van der Waals surface area (Å²) in [5.74, 6) is 1.07. The van der Waals surface area contributed by atoms with E-state index in [1.54, 1.807) is 0 Å². The fraction of sp³-hybridized carbons (Fsp3) is 0.917. The molecule has 0 spiro atoms. The molecule has 1 aliphatic rings. The lowest BCUT2D eigenvalue weighted by molar-refractivity contribution is -0.121. The number of rotatable bonds is 4. The van der Waals surface area contributed by atoms with E-state index in [1.807, 2.05) is 0 Å². The Morgan fingerprint density at radius 1 is 1.27 bits per heavy atom. The molecule has 0 bridgehead atoms. The molecule has 3 N–H and O–H groups in total. The number of nitrogens with two attached hydrogens (primary N) is 1. The highest BCUT2D eigenvalue weighted by Gasteiger charge is 2.29. The lowest BCUT2D eigenvalue weighted by Gasteiger charge is -2.32. The Labute approximate surface area is 92.8 Å². The highest BCUT2D eigenvalue weighted by molar-refractivity contribution is 5.80. The number of amides is 1. The van der Waals surface area contributed by atoms with Crippen molar-refractivity contribution in [3.05, 3.63) is 0 Å². The molecular formula is C12H24N2O. The summed E-state index contributed by atoms with van der Waals surface area (Å²) in [6.07, 6.45) is 4.73. The van der Waals surface area contributed by atoms with Crippen LogP contribution in [-0.2, 0) is 4.79 Å². The van der Waals surface area contributed by atoms with Crippen molar-refractivity contribution in [2.45, 2.75) is 58.5 Å². The van der Waals surface area contributed by atoms with Crippen LogP contribution in [0.2, 0.25) is 0 Å². The van der Waals surface area contributed by atoms with Crippen molar-refractivity contribution in [3.63, 3.8) is 0 Å². The van der Waals surface area contributed by atoms with Gasteiger partial charge in [0.1, 0.15) is 0 Å². The zero-order chi connectivity index (χ0) is 11.4. The van der Waals surface area contributed by atoms with Gasteiger partial charge in [-0.05, 0) is 24.7 Å². The Kier molecular flexibility index (Phi) is 4.58. The van der Waals surface area contributed by atoms with E-state index < -0.39 is 0 Å². The minimum Gasteiger partial charge on any atom is -0.368 e. The van der Waals surface area contributed by atoms with Crippen LogP contribution in [0.25, 0.3) is 0 Å². The molecule has 1 amide bonds. The second-order valence-corrected chi connectivity index (χ2v) is 5.22. The van der Waals surface area contributed by atoms with E-state index in [4.69, 9.17) is 5.73 Å². The summed E-state index contributed by atoms with van der Waals surface area (Å²) in [6.45, 7) is 6.40. The van der Waals surface area contributed by atoms with Crippen LogP contribution in [0.3, 0.4) is 0 Å². The first kappa shape index (κ1) is 12.5. The van der Waals surface area contributed by atoms with Crippen LogP contribution in [0.1, 0.15) is 46.5 Å². The van der Waals surface area contributed by atoms with Crippen LogP contribution >= 0.6 is 0 Å². The molecule has 1 aliphatic carbocycles. The van der Waals surface area contributed by atoms with Gasteiger partial charge in [-0.25, -0.2) is 0 Å². The normalized spacial score (nSPS) is 29.1. The van der Waals surface area contributed by atoms with E-state index in [-0.39, 0.29) is 11.9 Å². The van der Waals surface area contributed by atoms with Gasteiger partial charge in [0.2, 0.25) is 5.91 Å². The van der Waals surface area contributed by atoms with Crippen molar-refractivity contribution in [2.75, 3.05) is 0 Å². The lowest BCUT2D eigenvalue weighted by Crippen LogP contribution is -2.50. The summed E-state index contributed by atoms with van der Waals surface area (Å²) in [5.41, 5.74) is 5.45. The van der Waals surface area contributed by atoms with E-state index in [2.05, 4.69) is 26.1 Å². The maximum Gasteiger partial charge on any atom is 0.234 e. The van der Waals surface area contributed by atoms with Gasteiger partial charge in [0.25, 0.3) is 0 Å². The molecule has 1 atom stereocenters. The summed E-state index contributed by atoms with van der Waals surface area (Å²) >= 11 is 0. The van der Waals surface area contributed by atoms with Gasteiger partial charge >= 0.3 is 0 Å². The number of hydrogen-bond acceptors (Lipinski definition) is 2. The quantitative estimate of drug-likeness (QED) is 0.744. The van der Waals surface area contributed by atoms with Gasteiger partial charge in [-0.1, -0.05) is 33.6 Å². The van der Waals surface area contributed by atoms with Gasteiger partial charge in [0, 0.05) is 6.04 Å². The third kappa shape index (κ3) is 3.82. The smallest absolute Gasteiger partial charge is 0.234 e. The SMILES string of the molecule is CC1CCC(C(NC(C)C)C(N)=O)CC1. The fourth-order valence-corrected chi connectivity index (χ4v) is 2.43. The Morgan fingerprint density at radius 2 is 1.80 bits per heavy atom. The molecule has 1 saturated carbocycles. The predicted octanol–water partition coefficient (Wildman–Crippen LogP) is 1.66. The van der Waals surface area contributed by atoms with Gasteiger partial charge < -0.3 is 11.1 Å². The van der Waals surface area contributed by atoms with E-state index >= 15 is 0 Å². The van der Waals surface area contributed by atoms with Gasteiger partial charge in [-0.2, -0.15) is 0 Å². The molecule has 88 valence electrons. The van der Waals surface area contributed by atoms with Crippen molar-refractivity contribution in [1.82, 2.24) is 5.32 Å². The molecular weight excluding hydrogens is 188 g/mol. The second-order valence-electron chi connectivity index (χ2n) is 5.22. The molecule has 0 aliphatic heterocycles. The molecule has 3 nitrogen and oxygen atoms in total. The van der Waals surface area contributed by atoms with Gasteiger partial charge in [0.05, 0.1) is 6.04 Å². The fourth-order valence-electron chi connectivity index (χ4n) is 2.43. The van der Waals surface area contributed by atoms with E-state index in [9.17, 15) is 4.79 Å². The summed E-state index contributed by atoms with van der Waals surface area (Å²) < 4.78 is 0. The van der Waals surface area contributed by atoms with Gasteiger partial charge in [-0.15, -0.1) is 0 Å². The number of nitrogens with one attached hydrogen (secondary N) is 1. The Morgan fingerprint density at radius 3 is 2.20 bits per heavy atom. The molecule has 0 aromatic rings. The number of hydrogen-bond donors (Lipinski definition) is 2. The maximum absolute atomic E-state index is 11.4. The minimum absolute atomic E-state index is 0.127. The Hall–Kier alpha value is -0.570. The molecule has 1 unspecified atom stereocenters. The first-order valence-electron chi connectivity index (χ1n) is 6.06. The van der Waals surface area contributed by atoms with Gasteiger partial charge in [0.15, 0.2) is 0 Å². The zero-order valence-electron chi connectivity index (χ0n) is 10.1. The number of carbonyl (C=O) groups is 1. The third-order valence-electron chi connectivity index (χ3n) is 3.35. The molecule has 0 heterocycles. The average Bonchev–Trinajstić information content (AvgIpc) is 2.15. The summed E-state index contributed by atoms with van der Waals surface area (Å²) in [4.78, 5) is 11.4. The topological polar surface area (TPSA) is 55.1 Å². The predicted molar refractivity (Wildman–Crippen MR) is 62.4 cm³/mol. The molecule has 0 radical (unpaired) electrons. The van der Waals surface area contributed by atoms with Crippen molar-refractivity contribution in [1.29, 1.82) is 0 Å². The standard InChI is InChI=1S/C12H24N2O/c1-8(2)14-11(12(13)15)10-6-4-9(3)5-7-10/h8-11,14H,4-7H2,1-3H3,(H2,13,15). The van der Waals surface area contributed by atoms with Crippen molar-refractivity contribution < 1.29 is 4.79 Å². The van der Waals surface area contributed by atoms with Crippen LogP contribution in [0, 0.1) is 11.8 Å². The van der Waals surface area contributed by atoms with Crippen molar-refractivity contribution in [2.24, 2.45) is 17.6 Å². The van der Waals surface area contributed by atoms with E-state index in [1.165, 1.54) is 12.8 Å². The maximum atomic E-state index is 11.4. The average molecular weight is 212 g/mol. The summed E-state index contributed by atoms with van der Waals surface area (Å²) in [5, 5.41) is 3.29. The van der Waals surface area contributed by atoms with Crippen LogP contribution in [-0.4, -0.2) is 18.0 Å². The highest BCUT2D eigenvalue weighted by atomic mass is 16.1. The Bertz CT molecular complexity index is 208. The monoisotopic (exact) mass is 212 g/mol. The molecule has 0 aromatic carbocycles. The first-order valence-corrected chi connectivity index (χ1v) is 6.06. The molecule has 1 fully saturated rings. The van der Waals surface area contributed by atoms with E-state index in [0.29, 0.717) is 12.0 Å². The van der Waals surface area contributed by atoms with Crippen LogP contribution in [0.4, 0.5) is 0 Å². The minimum atomic E-state index is -0.191. The summed E-state index contributed by atoms with van der Waals surface area (Å²) in [6, 6.07) is 0.194. The van der Waals surface area contributed by atoms with Crippen molar-refractivity contribution >= 4 is 5.91 Å². The third-order valence-corrected chi connectivity index (χ3v) is 3.35. The highest BCUT2D eigenvalue weighted by Crippen LogP contribution is 2.30. The first-order chi connectivity index (χ1) is 7.00. The van der Waals surface area contributed by atoms with Crippen LogP contribution < -0.4 is 11.1 Å². The second kappa shape index (κ2) is 5.50. The lowest BCUT2D eigenvalue weighted by atomic mass is 9.79. The molecule has 0 aromatic heterocycles. The van der Waals surface area contributed by atoms with Crippen LogP contribution in [0.5, 0.6) is 0 Å². The number of carbonyl (C=O) groups excluding carboxylic acids is 1. The van der Waals surface area contributed by atoms with Crippen LogP contribution in [0.15, 0.2) is 0 Å². The molecule has 15 heavy (non-hydrogen) atoms. The number of primary amides is 1. The van der Waals surface area contributed by atoms with E-state index in [0.717, 1.165) is 18.8 Å². The molecule has 0 saturated heterocycles. The molecule has 3 heteroatoms. The molecule has 1 rings (SSSR count). The Balaban J connectivity index is 2.52. The summed E-state index contributed by atoms with van der Waals surface area (Å²) in [7, 11) is 0. The largest absolute Gasteiger partial charge is 0.368 e. The van der Waals surface area contributed by atoms with Crippen molar-refractivity contribution in [3.8, 4) is 0 Å².